The van der Waals surface area contributed by atoms with Crippen molar-refractivity contribution in [3.63, 3.8) is 0 Å². The Labute approximate surface area is 100 Å². The van der Waals surface area contributed by atoms with E-state index in [1.165, 1.54) is 0 Å². The molecule has 11 heteroatoms. The summed E-state index contributed by atoms with van der Waals surface area (Å²) < 4.78 is 63.7. The average molecular weight is 293 g/mol. The van der Waals surface area contributed by atoms with Crippen molar-refractivity contribution in [3.8, 4) is 5.75 Å². The van der Waals surface area contributed by atoms with Gasteiger partial charge in [-0.2, -0.15) is 0 Å². The van der Waals surface area contributed by atoms with E-state index in [9.17, 15) is 32.1 Å². The predicted octanol–water partition coefficient (Wildman–Crippen LogP) is 3.48. The Kier molecular flexibility index (Phi) is 3.89. The van der Waals surface area contributed by atoms with E-state index >= 15 is 0 Å². The van der Waals surface area contributed by atoms with E-state index < -0.39 is 40.0 Å². The number of hydrogen-bond donors (Lipinski definition) is 0. The van der Waals surface area contributed by atoms with Gasteiger partial charge in [-0.15, -0.1) is 13.2 Å². The third kappa shape index (κ3) is 3.39. The molecule has 0 unspecified atom stereocenters. The first-order valence-corrected chi connectivity index (χ1v) is 4.38. The molecule has 0 radical (unpaired) electrons. The van der Waals surface area contributed by atoms with Crippen LogP contribution in [-0.2, 0) is 0 Å². The third-order valence-corrected chi connectivity index (χ3v) is 1.83. The van der Waals surface area contributed by atoms with Gasteiger partial charge in [-0.05, 0) is 0 Å². The van der Waals surface area contributed by atoms with Crippen molar-refractivity contribution in [3.05, 3.63) is 27.0 Å². The number of nitro groups is 1. The molecule has 0 saturated carbocycles. The van der Waals surface area contributed by atoms with Gasteiger partial charge in [0.1, 0.15) is 5.69 Å². The van der Waals surface area contributed by atoms with Crippen molar-refractivity contribution in [1.29, 1.82) is 0 Å². The maximum absolute atomic E-state index is 12.3. The number of hydrogen-bond acceptors (Lipinski definition) is 4. The Morgan fingerprint density at radius 3 is 2.39 bits per heavy atom. The van der Waals surface area contributed by atoms with E-state index in [1.54, 1.807) is 0 Å². The van der Waals surface area contributed by atoms with Crippen LogP contribution in [0.3, 0.4) is 0 Å². The normalized spacial score (nSPS) is 11.7. The Bertz CT molecular complexity index is 479. The summed E-state index contributed by atoms with van der Waals surface area (Å²) in [7, 11) is 0. The predicted molar refractivity (Wildman–Crippen MR) is 47.5 cm³/mol. The van der Waals surface area contributed by atoms with E-state index in [0.29, 0.717) is 0 Å². The van der Waals surface area contributed by atoms with Crippen LogP contribution in [0.5, 0.6) is 5.75 Å². The number of pyridine rings is 1. The number of halogens is 6. The van der Waals surface area contributed by atoms with Gasteiger partial charge < -0.3 is 4.74 Å². The second kappa shape index (κ2) is 4.88. The minimum atomic E-state index is -5.28. The van der Waals surface area contributed by atoms with Crippen molar-refractivity contribution >= 4 is 17.3 Å². The monoisotopic (exact) mass is 292 g/mol. The van der Waals surface area contributed by atoms with Crippen LogP contribution in [-0.4, -0.2) is 16.3 Å². The molecule has 0 aliphatic heterocycles. The van der Waals surface area contributed by atoms with Gasteiger partial charge in [-0.1, -0.05) is 11.6 Å². The second-order valence-electron chi connectivity index (χ2n) is 2.79. The maximum Gasteiger partial charge on any atom is 0.573 e. The molecule has 0 amide bonds. The SMILES string of the molecule is O=[N+]([O-])c1c(OC(F)(F)F)cc(C(F)F)nc1Cl. The minimum absolute atomic E-state index is 0.113. The maximum atomic E-state index is 12.3. The van der Waals surface area contributed by atoms with E-state index in [-0.39, 0.29) is 6.07 Å². The standard InChI is InChI=1S/C7H2ClF5N2O3/c8-5-4(15(16)17)3(18-7(11,12)13)1-2(14-5)6(9)10/h1,6H. The van der Waals surface area contributed by atoms with Crippen molar-refractivity contribution in [2.45, 2.75) is 12.8 Å². The van der Waals surface area contributed by atoms with Gasteiger partial charge in [0.25, 0.3) is 6.43 Å². The Morgan fingerprint density at radius 2 is 2.00 bits per heavy atom. The lowest BCUT2D eigenvalue weighted by molar-refractivity contribution is -0.388. The molecule has 1 rings (SSSR count). The summed E-state index contributed by atoms with van der Waals surface area (Å²) in [5.41, 5.74) is -2.50. The number of nitrogens with zero attached hydrogens (tertiary/aromatic N) is 2. The zero-order valence-electron chi connectivity index (χ0n) is 8.04. The van der Waals surface area contributed by atoms with Gasteiger partial charge in [0, 0.05) is 6.07 Å². The van der Waals surface area contributed by atoms with Crippen molar-refractivity contribution < 1.29 is 31.6 Å². The summed E-state index contributed by atoms with van der Waals surface area (Å²) in [5, 5.41) is 9.34. The van der Waals surface area contributed by atoms with Crippen molar-refractivity contribution in [1.82, 2.24) is 4.98 Å². The van der Waals surface area contributed by atoms with Gasteiger partial charge in [0.15, 0.2) is 0 Å². The summed E-state index contributed by atoms with van der Waals surface area (Å²) in [6, 6.07) is 0.113. The highest BCUT2D eigenvalue weighted by Crippen LogP contribution is 2.38. The number of alkyl halides is 5. The Hall–Kier alpha value is -1.71. The molecule has 5 nitrogen and oxygen atoms in total. The van der Waals surface area contributed by atoms with Crippen LogP contribution in [0.15, 0.2) is 6.07 Å². The molecular weight excluding hydrogens is 291 g/mol. The molecule has 0 atom stereocenters. The first-order chi connectivity index (χ1) is 8.11. The first-order valence-electron chi connectivity index (χ1n) is 4.00. The summed E-state index contributed by atoms with van der Waals surface area (Å²) in [6.45, 7) is 0. The van der Waals surface area contributed by atoms with Crippen LogP contribution in [0.25, 0.3) is 0 Å². The Morgan fingerprint density at radius 1 is 1.44 bits per heavy atom. The molecule has 0 aliphatic carbocycles. The molecule has 0 spiro atoms. The molecule has 0 N–H and O–H groups in total. The van der Waals surface area contributed by atoms with Gasteiger partial charge in [-0.25, -0.2) is 13.8 Å². The molecule has 1 aromatic heterocycles. The number of aromatic nitrogens is 1. The van der Waals surface area contributed by atoms with Gasteiger partial charge >= 0.3 is 12.0 Å². The number of rotatable bonds is 3. The van der Waals surface area contributed by atoms with Crippen molar-refractivity contribution in [2.75, 3.05) is 0 Å². The van der Waals surface area contributed by atoms with E-state index in [0.717, 1.165) is 0 Å². The molecule has 1 heterocycles. The van der Waals surface area contributed by atoms with Crippen LogP contribution in [0.2, 0.25) is 5.15 Å². The summed E-state index contributed by atoms with van der Waals surface area (Å²) in [5.74, 6) is -1.44. The third-order valence-electron chi connectivity index (χ3n) is 1.57. The lowest BCUT2D eigenvalue weighted by atomic mass is 10.3. The van der Waals surface area contributed by atoms with Crippen LogP contribution < -0.4 is 4.74 Å². The Balaban J connectivity index is 3.38. The number of ether oxygens (including phenoxy) is 1. The van der Waals surface area contributed by atoms with E-state index in [4.69, 9.17) is 11.6 Å². The molecule has 0 saturated heterocycles. The van der Waals surface area contributed by atoms with E-state index in [2.05, 4.69) is 9.72 Å². The van der Waals surface area contributed by atoms with E-state index in [1.807, 2.05) is 0 Å². The largest absolute Gasteiger partial charge is 0.573 e. The van der Waals surface area contributed by atoms with Crippen LogP contribution >= 0.6 is 11.6 Å². The van der Waals surface area contributed by atoms with Gasteiger partial charge in [0.05, 0.1) is 4.92 Å². The highest BCUT2D eigenvalue weighted by molar-refractivity contribution is 6.31. The lowest BCUT2D eigenvalue weighted by Gasteiger charge is -2.10. The molecule has 18 heavy (non-hydrogen) atoms. The zero-order chi connectivity index (χ0) is 14.1. The lowest BCUT2D eigenvalue weighted by Crippen LogP contribution is -2.18. The molecule has 0 fully saturated rings. The smallest absolute Gasteiger partial charge is 0.398 e. The van der Waals surface area contributed by atoms with Crippen molar-refractivity contribution in [2.24, 2.45) is 0 Å². The van der Waals surface area contributed by atoms with Crippen LogP contribution in [0, 0.1) is 10.1 Å². The molecule has 1 aromatic rings. The molecule has 0 bridgehead atoms. The highest BCUT2D eigenvalue weighted by Gasteiger charge is 2.36. The molecular formula is C7H2ClF5N2O3. The fourth-order valence-corrected chi connectivity index (χ4v) is 1.24. The quantitative estimate of drug-likeness (QED) is 0.370. The zero-order valence-corrected chi connectivity index (χ0v) is 8.80. The minimum Gasteiger partial charge on any atom is -0.398 e. The highest BCUT2D eigenvalue weighted by atomic mass is 35.5. The fraction of sp³-hybridized carbons (Fsp3) is 0.286. The van der Waals surface area contributed by atoms with Crippen LogP contribution in [0.1, 0.15) is 12.1 Å². The van der Waals surface area contributed by atoms with Crippen LogP contribution in [0.4, 0.5) is 27.6 Å². The second-order valence-corrected chi connectivity index (χ2v) is 3.15. The summed E-state index contributed by atoms with van der Waals surface area (Å²) >= 11 is 5.17. The summed E-state index contributed by atoms with van der Waals surface area (Å²) in [6.07, 6.45) is -8.53. The van der Waals surface area contributed by atoms with Gasteiger partial charge in [0.2, 0.25) is 10.9 Å². The van der Waals surface area contributed by atoms with Gasteiger partial charge in [-0.3, -0.25) is 10.1 Å². The average Bonchev–Trinajstić information content (AvgIpc) is 2.12. The topological polar surface area (TPSA) is 65.3 Å². The summed E-state index contributed by atoms with van der Waals surface area (Å²) in [4.78, 5) is 12.1. The molecule has 100 valence electrons. The first kappa shape index (κ1) is 14.4. The molecule has 0 aromatic carbocycles. The molecule has 0 aliphatic rings. The fourth-order valence-electron chi connectivity index (χ4n) is 0.982.